The number of aromatic nitrogens is 2. The molecule has 0 bridgehead atoms. The molecule has 1 atom stereocenters. The third kappa shape index (κ3) is 8.49. The second-order valence-corrected chi connectivity index (χ2v) is 9.54. The van der Waals surface area contributed by atoms with Crippen LogP contribution in [0.1, 0.15) is 107 Å². The number of allylic oxidation sites excluding steroid dienone is 5. The highest BCUT2D eigenvalue weighted by molar-refractivity contribution is 5.80. The SMILES string of the molecule is C=C/C=C(\C(=C/C)C1CC1)c1cc(CCCC(=O)CC(CCC)c2ccc(C)c(C)c2)[nH]n1.CC. The minimum absolute atomic E-state index is 0.328. The summed E-state index contributed by atoms with van der Waals surface area (Å²) in [6.45, 7) is 16.5. The van der Waals surface area contributed by atoms with Crippen molar-refractivity contribution in [1.29, 1.82) is 0 Å². The van der Waals surface area contributed by atoms with Crippen molar-refractivity contribution in [2.45, 2.75) is 98.8 Å². The number of nitrogens with zero attached hydrogens (tertiary/aromatic N) is 1. The number of aromatic amines is 1. The minimum atomic E-state index is 0.328. The highest BCUT2D eigenvalue weighted by Gasteiger charge is 2.28. The van der Waals surface area contributed by atoms with Crippen molar-refractivity contribution in [3.63, 3.8) is 0 Å². The number of nitrogens with one attached hydrogen (secondary N) is 1. The summed E-state index contributed by atoms with van der Waals surface area (Å²) < 4.78 is 0. The number of ketones is 1. The van der Waals surface area contributed by atoms with E-state index in [4.69, 9.17) is 0 Å². The lowest BCUT2D eigenvalue weighted by molar-refractivity contribution is -0.119. The molecule has 1 aromatic heterocycles. The van der Waals surface area contributed by atoms with E-state index in [1.54, 1.807) is 0 Å². The van der Waals surface area contributed by atoms with Crippen LogP contribution in [0.3, 0.4) is 0 Å². The molecule has 1 N–H and O–H groups in total. The number of rotatable bonds is 13. The molecule has 3 nitrogen and oxygen atoms in total. The summed E-state index contributed by atoms with van der Waals surface area (Å²) in [7, 11) is 0. The lowest BCUT2D eigenvalue weighted by Crippen LogP contribution is -2.08. The van der Waals surface area contributed by atoms with E-state index in [0.717, 1.165) is 37.1 Å². The lowest BCUT2D eigenvalue weighted by atomic mass is 9.87. The molecule has 1 unspecified atom stereocenters. The second kappa shape index (κ2) is 14.7. The van der Waals surface area contributed by atoms with Gasteiger partial charge in [-0.05, 0) is 93.0 Å². The molecule has 0 radical (unpaired) electrons. The van der Waals surface area contributed by atoms with Crippen LogP contribution in [0.15, 0.2) is 54.6 Å². The van der Waals surface area contributed by atoms with Crippen LogP contribution in [0.4, 0.5) is 0 Å². The average molecular weight is 475 g/mol. The van der Waals surface area contributed by atoms with Crippen LogP contribution in [-0.4, -0.2) is 16.0 Å². The zero-order valence-electron chi connectivity index (χ0n) is 22.9. The van der Waals surface area contributed by atoms with E-state index in [-0.39, 0.29) is 0 Å². The van der Waals surface area contributed by atoms with Gasteiger partial charge in [0.15, 0.2) is 0 Å². The molecule has 0 amide bonds. The predicted molar refractivity (Wildman–Crippen MR) is 151 cm³/mol. The molecule has 190 valence electrons. The number of Topliss-reactive ketones (excluding diaryl/α,β-unsaturated/α-hetero) is 1. The van der Waals surface area contributed by atoms with Gasteiger partial charge in [0.2, 0.25) is 0 Å². The molecular formula is C32H46N2O. The molecule has 3 rings (SSSR count). The van der Waals surface area contributed by atoms with Crippen LogP contribution in [0, 0.1) is 19.8 Å². The van der Waals surface area contributed by atoms with Crippen molar-refractivity contribution in [2.24, 2.45) is 5.92 Å². The molecular weight excluding hydrogens is 428 g/mol. The van der Waals surface area contributed by atoms with Crippen molar-refractivity contribution >= 4 is 11.4 Å². The van der Waals surface area contributed by atoms with Crippen LogP contribution in [0.2, 0.25) is 0 Å². The summed E-state index contributed by atoms with van der Waals surface area (Å²) in [5, 5.41) is 7.76. The molecule has 1 aromatic carbocycles. The Morgan fingerprint density at radius 3 is 2.54 bits per heavy atom. The summed E-state index contributed by atoms with van der Waals surface area (Å²) in [6, 6.07) is 8.80. The van der Waals surface area contributed by atoms with E-state index >= 15 is 0 Å². The topological polar surface area (TPSA) is 45.8 Å². The van der Waals surface area contributed by atoms with Gasteiger partial charge in [-0.25, -0.2) is 0 Å². The maximum atomic E-state index is 12.8. The van der Waals surface area contributed by atoms with Crippen LogP contribution in [0.25, 0.3) is 5.57 Å². The zero-order valence-corrected chi connectivity index (χ0v) is 22.9. The number of H-pyrrole nitrogens is 1. The van der Waals surface area contributed by atoms with Gasteiger partial charge in [-0.15, -0.1) is 0 Å². The van der Waals surface area contributed by atoms with Gasteiger partial charge >= 0.3 is 0 Å². The molecule has 1 fully saturated rings. The number of carbonyl (C=O) groups excluding carboxylic acids is 1. The first-order valence-electron chi connectivity index (χ1n) is 13.6. The molecule has 0 saturated heterocycles. The van der Waals surface area contributed by atoms with Crippen molar-refractivity contribution in [1.82, 2.24) is 10.2 Å². The first-order chi connectivity index (χ1) is 17.0. The molecule has 1 aliphatic carbocycles. The lowest BCUT2D eigenvalue weighted by Gasteiger charge is -2.17. The quantitative estimate of drug-likeness (QED) is 0.295. The van der Waals surface area contributed by atoms with Crippen LogP contribution < -0.4 is 0 Å². The van der Waals surface area contributed by atoms with E-state index in [0.29, 0.717) is 30.5 Å². The maximum absolute atomic E-state index is 12.8. The Kier molecular flexibility index (Phi) is 12.0. The minimum Gasteiger partial charge on any atom is -0.300 e. The number of hydrogen-bond acceptors (Lipinski definition) is 2. The molecule has 1 heterocycles. The highest BCUT2D eigenvalue weighted by atomic mass is 16.1. The molecule has 0 aliphatic heterocycles. The largest absolute Gasteiger partial charge is 0.300 e. The Hall–Kier alpha value is -2.68. The molecule has 1 aliphatic rings. The van der Waals surface area contributed by atoms with Crippen molar-refractivity contribution in [3.8, 4) is 0 Å². The van der Waals surface area contributed by atoms with Gasteiger partial charge in [0, 0.05) is 24.1 Å². The standard InChI is InChI=1S/C30H40N2O.C2H6/c1-6-10-24(25-15-14-21(4)22(5)18-25)19-27(33)13-9-12-26-20-30(32-31-26)29(11-7-2)28(8-3)23-16-17-23;1-2/h7-8,11,14-15,18,20,23-24H,2,6,9-10,12-13,16-17,19H2,1,3-5H3,(H,31,32);1-2H3/b28-8-,29-11+;. The molecule has 35 heavy (non-hydrogen) atoms. The van der Waals surface area contributed by atoms with E-state index in [9.17, 15) is 4.79 Å². The van der Waals surface area contributed by atoms with Gasteiger partial charge in [0.25, 0.3) is 0 Å². The first-order valence-corrected chi connectivity index (χ1v) is 13.6. The van der Waals surface area contributed by atoms with Gasteiger partial charge < -0.3 is 0 Å². The fraction of sp³-hybridized carbons (Fsp3) is 0.500. The Labute approximate surface area is 213 Å². The first kappa shape index (κ1) is 28.6. The third-order valence-electron chi connectivity index (χ3n) is 6.85. The fourth-order valence-corrected chi connectivity index (χ4v) is 4.69. The van der Waals surface area contributed by atoms with Crippen molar-refractivity contribution < 1.29 is 4.79 Å². The number of carbonyl (C=O) groups is 1. The Balaban J connectivity index is 0.00000210. The monoisotopic (exact) mass is 474 g/mol. The predicted octanol–water partition coefficient (Wildman–Crippen LogP) is 8.84. The van der Waals surface area contributed by atoms with E-state index in [1.807, 2.05) is 19.9 Å². The molecule has 3 heteroatoms. The van der Waals surface area contributed by atoms with Crippen molar-refractivity contribution in [2.75, 3.05) is 0 Å². The summed E-state index contributed by atoms with van der Waals surface area (Å²) in [4.78, 5) is 12.8. The van der Waals surface area contributed by atoms with Gasteiger partial charge in [-0.3, -0.25) is 9.89 Å². The van der Waals surface area contributed by atoms with E-state index in [1.165, 1.54) is 40.7 Å². The number of benzene rings is 1. The summed E-state index contributed by atoms with van der Waals surface area (Å²) >= 11 is 0. The normalized spacial score (nSPS) is 14.8. The van der Waals surface area contributed by atoms with E-state index in [2.05, 4.69) is 80.9 Å². The summed E-state index contributed by atoms with van der Waals surface area (Å²) in [5.74, 6) is 1.35. The highest BCUT2D eigenvalue weighted by Crippen LogP contribution is 2.42. The summed E-state index contributed by atoms with van der Waals surface area (Å²) in [5.41, 5.74) is 8.55. The smallest absolute Gasteiger partial charge is 0.133 e. The van der Waals surface area contributed by atoms with Gasteiger partial charge in [0.1, 0.15) is 5.78 Å². The van der Waals surface area contributed by atoms with E-state index < -0.39 is 0 Å². The molecule has 1 saturated carbocycles. The number of aryl methyl sites for hydroxylation is 3. The Bertz CT molecular complexity index is 1020. The van der Waals surface area contributed by atoms with Crippen LogP contribution >= 0.6 is 0 Å². The van der Waals surface area contributed by atoms with Crippen molar-refractivity contribution in [3.05, 3.63) is 82.7 Å². The summed E-state index contributed by atoms with van der Waals surface area (Å²) in [6.07, 6.45) is 13.8. The number of hydrogen-bond donors (Lipinski definition) is 1. The van der Waals surface area contributed by atoms with Crippen LogP contribution in [0.5, 0.6) is 0 Å². The maximum Gasteiger partial charge on any atom is 0.133 e. The second-order valence-electron chi connectivity index (χ2n) is 9.54. The van der Waals surface area contributed by atoms with Crippen LogP contribution in [-0.2, 0) is 11.2 Å². The van der Waals surface area contributed by atoms with Gasteiger partial charge in [-0.2, -0.15) is 5.10 Å². The third-order valence-corrected chi connectivity index (χ3v) is 6.85. The molecule has 0 spiro atoms. The zero-order chi connectivity index (χ0) is 25.8. The van der Waals surface area contributed by atoms with Gasteiger partial charge in [-0.1, -0.05) is 70.2 Å². The Morgan fingerprint density at radius 1 is 1.20 bits per heavy atom. The fourth-order valence-electron chi connectivity index (χ4n) is 4.69. The average Bonchev–Trinajstić information content (AvgIpc) is 3.59. The van der Waals surface area contributed by atoms with Gasteiger partial charge in [0.05, 0.1) is 5.69 Å². The Morgan fingerprint density at radius 2 is 1.94 bits per heavy atom. The molecule has 2 aromatic rings.